The van der Waals surface area contributed by atoms with Gasteiger partial charge in [-0.05, 0) is 22.9 Å². The summed E-state index contributed by atoms with van der Waals surface area (Å²) in [6.45, 7) is 0. The van der Waals surface area contributed by atoms with E-state index in [-0.39, 0.29) is 0 Å². The number of hydrogen-bond acceptors (Lipinski definition) is 4. The summed E-state index contributed by atoms with van der Waals surface area (Å²) >= 11 is 0. The third-order valence-electron chi connectivity index (χ3n) is 2.35. The van der Waals surface area contributed by atoms with Gasteiger partial charge >= 0.3 is 5.97 Å². The van der Waals surface area contributed by atoms with E-state index in [0.717, 1.165) is 11.3 Å². The quantitative estimate of drug-likeness (QED) is 0.698. The molecule has 1 aromatic heterocycles. The maximum absolute atomic E-state index is 10.7. The van der Waals surface area contributed by atoms with Crippen LogP contribution in [0.2, 0.25) is 0 Å². The first-order valence-corrected chi connectivity index (χ1v) is 5.05. The van der Waals surface area contributed by atoms with Crippen molar-refractivity contribution >= 4 is 5.97 Å². The fourth-order valence-corrected chi connectivity index (χ4v) is 1.42. The van der Waals surface area contributed by atoms with Crippen molar-refractivity contribution in [2.45, 2.75) is 12.5 Å². The second-order valence-electron chi connectivity index (χ2n) is 3.63. The van der Waals surface area contributed by atoms with E-state index in [4.69, 9.17) is 5.11 Å². The number of aromatic nitrogens is 4. The largest absolute Gasteiger partial charge is 0.477 e. The zero-order valence-corrected chi connectivity index (χ0v) is 9.02. The molecule has 1 heterocycles. The highest BCUT2D eigenvalue weighted by Gasteiger charge is 2.15. The predicted octanol–water partition coefficient (Wildman–Crippen LogP) is -1.10. The van der Waals surface area contributed by atoms with Crippen LogP contribution in [0.25, 0.3) is 5.69 Å². The van der Waals surface area contributed by atoms with Gasteiger partial charge < -0.3 is 10.8 Å². The van der Waals surface area contributed by atoms with E-state index in [1.54, 1.807) is 0 Å². The molecule has 0 aliphatic rings. The topological polar surface area (TPSA) is 109 Å². The molecule has 0 aliphatic heterocycles. The Morgan fingerprint density at radius 2 is 2.12 bits per heavy atom. The Kier molecular flexibility index (Phi) is 3.10. The van der Waals surface area contributed by atoms with Gasteiger partial charge in [0, 0.05) is 6.42 Å². The maximum atomic E-state index is 10.7. The highest BCUT2D eigenvalue weighted by Crippen LogP contribution is 2.08. The van der Waals surface area contributed by atoms with Gasteiger partial charge in [0.2, 0.25) is 0 Å². The number of carbonyl (C=O) groups is 1. The van der Waals surface area contributed by atoms with Crippen LogP contribution >= 0.6 is 0 Å². The molecule has 7 nitrogen and oxygen atoms in total. The van der Waals surface area contributed by atoms with Gasteiger partial charge in [-0.15, -0.1) is 15.0 Å². The highest BCUT2D eigenvalue weighted by atomic mass is 16.4. The molecule has 1 aromatic carbocycles. The fraction of sp³-hybridized carbons (Fsp3) is 0.200. The minimum Gasteiger partial charge on any atom is -0.477 e. The van der Waals surface area contributed by atoms with Crippen molar-refractivity contribution in [3.63, 3.8) is 0 Å². The summed E-state index contributed by atoms with van der Waals surface area (Å²) in [4.78, 5) is 12.1. The summed E-state index contributed by atoms with van der Waals surface area (Å²) in [6, 6.07) is 6.65. The minimum atomic E-state index is -0.896. The lowest BCUT2D eigenvalue weighted by Gasteiger charge is -2.04. The number of hydrogen-bond donors (Lipinski definition) is 2. The maximum Gasteiger partial charge on any atom is 0.362 e. The molecular weight excluding hydrogens is 222 g/mol. The van der Waals surface area contributed by atoms with E-state index in [9.17, 15) is 4.79 Å². The Morgan fingerprint density at radius 1 is 1.41 bits per heavy atom. The number of tetrazole rings is 1. The number of benzene rings is 1. The monoisotopic (exact) mass is 234 g/mol. The van der Waals surface area contributed by atoms with Gasteiger partial charge in [0.05, 0.1) is 5.69 Å². The standard InChI is InChI=1S/C10H11N5O2/c11-9(10(16)17)5-7-1-3-8(4-2-7)15-13-6-12-14-15/h1-4,6,9H,5,11H2,(H,16,17)/p+1. The smallest absolute Gasteiger partial charge is 0.362 e. The molecule has 0 bridgehead atoms. The predicted molar refractivity (Wildman–Crippen MR) is 57.2 cm³/mol. The summed E-state index contributed by atoms with van der Waals surface area (Å²) in [6.07, 6.45) is 1.75. The first-order valence-electron chi connectivity index (χ1n) is 5.05. The van der Waals surface area contributed by atoms with Gasteiger partial charge in [0.15, 0.2) is 12.4 Å². The number of nitrogens with zero attached hydrogens (tertiary/aromatic N) is 4. The zero-order valence-electron chi connectivity index (χ0n) is 9.02. The molecular formula is C10H12N5O2+. The SMILES string of the molecule is [NH3+]C(Cc1ccc(-n2ncnn2)cc1)C(=O)O. The summed E-state index contributed by atoms with van der Waals surface area (Å²) in [5, 5.41) is 20.0. The van der Waals surface area contributed by atoms with Crippen LogP contribution in [0.3, 0.4) is 0 Å². The van der Waals surface area contributed by atoms with Crippen molar-refractivity contribution in [3.05, 3.63) is 36.2 Å². The van der Waals surface area contributed by atoms with Crippen molar-refractivity contribution in [2.24, 2.45) is 0 Å². The Bertz CT molecular complexity index is 494. The summed E-state index contributed by atoms with van der Waals surface area (Å²) in [5.41, 5.74) is 5.26. The molecule has 4 N–H and O–H groups in total. The molecule has 0 fully saturated rings. The second-order valence-corrected chi connectivity index (χ2v) is 3.63. The van der Waals surface area contributed by atoms with Crippen LogP contribution in [0, 0.1) is 0 Å². The number of aliphatic carboxylic acids is 1. The number of rotatable bonds is 4. The van der Waals surface area contributed by atoms with Crippen LogP contribution in [0.1, 0.15) is 5.56 Å². The Balaban J connectivity index is 2.11. The van der Waals surface area contributed by atoms with E-state index < -0.39 is 12.0 Å². The van der Waals surface area contributed by atoms with E-state index in [2.05, 4.69) is 21.1 Å². The first kappa shape index (κ1) is 11.2. The second kappa shape index (κ2) is 4.71. The van der Waals surface area contributed by atoms with E-state index in [1.807, 2.05) is 24.3 Å². The van der Waals surface area contributed by atoms with Crippen LogP contribution in [0.4, 0.5) is 0 Å². The van der Waals surface area contributed by atoms with Crippen LogP contribution in [-0.2, 0) is 11.2 Å². The van der Waals surface area contributed by atoms with E-state index >= 15 is 0 Å². The molecule has 0 radical (unpaired) electrons. The lowest BCUT2D eigenvalue weighted by Crippen LogP contribution is -2.65. The van der Waals surface area contributed by atoms with Gasteiger partial charge in [-0.2, -0.15) is 0 Å². The van der Waals surface area contributed by atoms with Gasteiger partial charge in [-0.25, -0.2) is 4.79 Å². The van der Waals surface area contributed by atoms with Gasteiger partial charge in [-0.1, -0.05) is 12.1 Å². The molecule has 17 heavy (non-hydrogen) atoms. The average molecular weight is 234 g/mol. The zero-order chi connectivity index (χ0) is 12.3. The van der Waals surface area contributed by atoms with E-state index in [1.165, 1.54) is 11.1 Å². The average Bonchev–Trinajstić information content (AvgIpc) is 2.83. The minimum absolute atomic E-state index is 0.403. The number of carboxylic acid groups (broad SMARTS) is 1. The Labute approximate surface area is 96.9 Å². The lowest BCUT2D eigenvalue weighted by atomic mass is 10.1. The Morgan fingerprint density at radius 3 is 2.65 bits per heavy atom. The molecule has 2 aromatic rings. The van der Waals surface area contributed by atoms with Crippen LogP contribution in [0.15, 0.2) is 30.6 Å². The fourth-order valence-electron chi connectivity index (χ4n) is 1.42. The lowest BCUT2D eigenvalue weighted by molar-refractivity contribution is -0.407. The molecule has 88 valence electrons. The van der Waals surface area contributed by atoms with Gasteiger partial charge in [-0.3, -0.25) is 0 Å². The first-order chi connectivity index (χ1) is 8.16. The van der Waals surface area contributed by atoms with Crippen molar-refractivity contribution < 1.29 is 15.6 Å². The summed E-state index contributed by atoms with van der Waals surface area (Å²) in [5.74, 6) is -0.896. The summed E-state index contributed by atoms with van der Waals surface area (Å²) in [7, 11) is 0. The highest BCUT2D eigenvalue weighted by molar-refractivity contribution is 5.71. The van der Waals surface area contributed by atoms with Crippen molar-refractivity contribution in [1.82, 2.24) is 20.2 Å². The number of quaternary nitrogens is 1. The van der Waals surface area contributed by atoms with Crippen molar-refractivity contribution in [1.29, 1.82) is 0 Å². The normalized spacial score (nSPS) is 12.3. The molecule has 0 saturated carbocycles. The molecule has 7 heteroatoms. The molecule has 0 spiro atoms. The van der Waals surface area contributed by atoms with E-state index in [0.29, 0.717) is 6.42 Å². The van der Waals surface area contributed by atoms with Crippen molar-refractivity contribution in [3.8, 4) is 5.69 Å². The molecule has 0 amide bonds. The molecule has 1 unspecified atom stereocenters. The van der Waals surface area contributed by atoms with Crippen molar-refractivity contribution in [2.75, 3.05) is 0 Å². The third kappa shape index (κ3) is 2.64. The van der Waals surface area contributed by atoms with Crippen LogP contribution in [0.5, 0.6) is 0 Å². The third-order valence-corrected chi connectivity index (χ3v) is 2.35. The van der Waals surface area contributed by atoms with Crippen LogP contribution < -0.4 is 5.73 Å². The summed E-state index contributed by atoms with van der Waals surface area (Å²) < 4.78 is 0. The van der Waals surface area contributed by atoms with Gasteiger partial charge in [0.1, 0.15) is 0 Å². The molecule has 2 rings (SSSR count). The van der Waals surface area contributed by atoms with Gasteiger partial charge in [0.25, 0.3) is 0 Å². The molecule has 0 saturated heterocycles. The number of carboxylic acids is 1. The Hall–Kier alpha value is -2.28. The van der Waals surface area contributed by atoms with Crippen LogP contribution in [-0.4, -0.2) is 37.3 Å². The molecule has 1 atom stereocenters. The molecule has 0 aliphatic carbocycles.